The molecule has 0 bridgehead atoms. The number of hydrazone groups is 1. The first-order valence-electron chi connectivity index (χ1n) is 9.08. The van der Waals surface area contributed by atoms with E-state index in [-0.39, 0.29) is 6.17 Å². The summed E-state index contributed by atoms with van der Waals surface area (Å²) in [4.78, 5) is 10.8. The molecular weight excluding hydrogens is 358 g/mol. The minimum atomic E-state index is -0.935. The second-order valence-electron chi connectivity index (χ2n) is 7.61. The fourth-order valence-electron chi connectivity index (χ4n) is 4.55. The minimum Gasteiger partial charge on any atom is -0.382 e. The van der Waals surface area contributed by atoms with E-state index in [0.717, 1.165) is 18.7 Å². The van der Waals surface area contributed by atoms with Gasteiger partial charge in [0, 0.05) is 12.0 Å². The van der Waals surface area contributed by atoms with Crippen molar-refractivity contribution >= 4 is 23.3 Å². The molecule has 6 rings (SSSR count). The molecule has 0 aromatic carbocycles. The van der Waals surface area contributed by atoms with Crippen molar-refractivity contribution in [2.75, 3.05) is 4.90 Å². The molecule has 3 unspecified atom stereocenters. The molecule has 10 heteroatoms. The maximum atomic E-state index is 10.2. The van der Waals surface area contributed by atoms with E-state index >= 15 is 0 Å². The van der Waals surface area contributed by atoms with Gasteiger partial charge in [0.2, 0.25) is 16.9 Å². The van der Waals surface area contributed by atoms with Crippen LogP contribution in [0, 0.1) is 5.92 Å². The molecule has 136 valence electrons. The largest absolute Gasteiger partial charge is 0.382 e. The summed E-state index contributed by atoms with van der Waals surface area (Å²) in [6.45, 7) is 0. The summed E-state index contributed by atoms with van der Waals surface area (Å²) in [7, 11) is 0. The zero-order valence-corrected chi connectivity index (χ0v) is 14.7. The van der Waals surface area contributed by atoms with Gasteiger partial charge in [-0.15, -0.1) is 0 Å². The van der Waals surface area contributed by atoms with Crippen molar-refractivity contribution in [3.63, 3.8) is 0 Å². The number of aliphatic hydroxyl groups is 1. The molecule has 2 aliphatic heterocycles. The molecule has 0 radical (unpaired) electrons. The Morgan fingerprint density at radius 2 is 2.15 bits per heavy atom. The van der Waals surface area contributed by atoms with Gasteiger partial charge in [-0.25, -0.2) is 4.98 Å². The van der Waals surface area contributed by atoms with Gasteiger partial charge in [-0.3, -0.25) is 14.9 Å². The molecule has 0 amide bonds. The summed E-state index contributed by atoms with van der Waals surface area (Å²) in [6.07, 6.45) is 7.70. The number of nitrogens with zero attached hydrogens (tertiary/aromatic N) is 6. The Bertz CT molecular complexity index is 918. The van der Waals surface area contributed by atoms with Gasteiger partial charge in [-0.1, -0.05) is 18.0 Å². The number of nitrogens with one attached hydrogen (secondary N) is 1. The van der Waals surface area contributed by atoms with Crippen LogP contribution < -0.4 is 10.3 Å². The smallest absolute Gasteiger partial charge is 0.295 e. The molecule has 3 atom stereocenters. The van der Waals surface area contributed by atoms with Gasteiger partial charge in [0.1, 0.15) is 17.6 Å². The quantitative estimate of drug-likeness (QED) is 0.823. The maximum Gasteiger partial charge on any atom is 0.295 e. The third kappa shape index (κ3) is 1.90. The number of hydrogen-bond acceptors (Lipinski definition) is 8. The molecule has 0 spiro atoms. The van der Waals surface area contributed by atoms with Crippen LogP contribution in [0.4, 0.5) is 5.82 Å². The Morgan fingerprint density at radius 3 is 3.00 bits per heavy atom. The summed E-state index contributed by atoms with van der Waals surface area (Å²) < 4.78 is 7.53. The lowest BCUT2D eigenvalue weighted by Gasteiger charge is -2.45. The van der Waals surface area contributed by atoms with Crippen LogP contribution in [0.5, 0.6) is 0 Å². The Hall–Kier alpha value is -2.13. The van der Waals surface area contributed by atoms with Gasteiger partial charge in [0.05, 0.1) is 6.20 Å². The molecule has 2 aromatic heterocycles. The normalized spacial score (nSPS) is 30.9. The Morgan fingerprint density at radius 1 is 1.31 bits per heavy atom. The van der Waals surface area contributed by atoms with Crippen LogP contribution in [0.25, 0.3) is 0 Å². The Labute approximate surface area is 154 Å². The molecule has 26 heavy (non-hydrogen) atoms. The molecule has 2 aliphatic carbocycles. The average Bonchev–Trinajstić information content (AvgIpc) is 3.06. The summed E-state index contributed by atoms with van der Waals surface area (Å²) in [5, 5.41) is 19.2. The molecule has 2 fully saturated rings. The van der Waals surface area contributed by atoms with E-state index in [2.05, 4.69) is 35.1 Å². The predicted octanol–water partition coefficient (Wildman–Crippen LogP) is 1.74. The van der Waals surface area contributed by atoms with Crippen LogP contribution in [-0.4, -0.2) is 36.8 Å². The van der Waals surface area contributed by atoms with Crippen LogP contribution in [-0.2, 0) is 5.60 Å². The van der Waals surface area contributed by atoms with Gasteiger partial charge < -0.3 is 9.63 Å². The molecular formula is C16H18ClN7O2. The van der Waals surface area contributed by atoms with E-state index in [1.165, 1.54) is 12.8 Å². The van der Waals surface area contributed by atoms with Gasteiger partial charge in [-0.2, -0.15) is 10.1 Å². The number of fused-ring (bicyclic) bond motifs is 6. The van der Waals surface area contributed by atoms with Crippen molar-refractivity contribution in [1.29, 1.82) is 0 Å². The zero-order chi connectivity index (χ0) is 17.5. The highest BCUT2D eigenvalue weighted by Crippen LogP contribution is 2.47. The van der Waals surface area contributed by atoms with Crippen molar-refractivity contribution in [2.24, 2.45) is 11.0 Å². The summed E-state index contributed by atoms with van der Waals surface area (Å²) in [5.74, 6) is 2.45. The Balaban J connectivity index is 1.43. The van der Waals surface area contributed by atoms with Gasteiger partial charge >= 0.3 is 0 Å². The van der Waals surface area contributed by atoms with Crippen LogP contribution in [0.1, 0.15) is 56.3 Å². The third-order valence-electron chi connectivity index (χ3n) is 6.06. The molecule has 9 nitrogen and oxygen atoms in total. The number of anilines is 1. The predicted molar refractivity (Wildman–Crippen MR) is 91.6 cm³/mol. The standard InChI is InChI=1S/C16H18ClN7O2/c17-15-18-7-10-23(15)9-4-2-1-3-8(9)11-20-21-12(24(10)11)13-19-14(22-26-13)16(25)5-6-16/h7-9,11,20,25H,1-6H2. The highest BCUT2D eigenvalue weighted by molar-refractivity contribution is 6.28. The number of amidine groups is 1. The van der Waals surface area contributed by atoms with Crippen molar-refractivity contribution < 1.29 is 9.63 Å². The van der Waals surface area contributed by atoms with E-state index in [4.69, 9.17) is 16.1 Å². The highest BCUT2D eigenvalue weighted by Gasteiger charge is 2.50. The third-order valence-corrected chi connectivity index (χ3v) is 6.34. The van der Waals surface area contributed by atoms with E-state index in [0.29, 0.717) is 47.6 Å². The molecule has 4 heterocycles. The monoisotopic (exact) mass is 375 g/mol. The second-order valence-corrected chi connectivity index (χ2v) is 7.94. The molecule has 4 aliphatic rings. The molecule has 2 N–H and O–H groups in total. The number of imidazole rings is 1. The van der Waals surface area contributed by atoms with Crippen LogP contribution in [0.15, 0.2) is 15.8 Å². The number of aromatic nitrogens is 4. The highest BCUT2D eigenvalue weighted by atomic mass is 35.5. The van der Waals surface area contributed by atoms with Gasteiger partial charge in [-0.05, 0) is 37.3 Å². The first-order chi connectivity index (χ1) is 12.7. The molecule has 2 aromatic rings. The molecule has 0 saturated heterocycles. The summed E-state index contributed by atoms with van der Waals surface area (Å²) in [6, 6.07) is 0.322. The lowest BCUT2D eigenvalue weighted by molar-refractivity contribution is 0.137. The van der Waals surface area contributed by atoms with Crippen molar-refractivity contribution in [3.8, 4) is 0 Å². The topological polar surface area (TPSA) is 105 Å². The lowest BCUT2D eigenvalue weighted by Crippen LogP contribution is -2.53. The van der Waals surface area contributed by atoms with Crippen LogP contribution in [0.3, 0.4) is 0 Å². The number of halogens is 1. The van der Waals surface area contributed by atoms with E-state index < -0.39 is 5.60 Å². The maximum absolute atomic E-state index is 10.2. The number of hydrogen-bond donors (Lipinski definition) is 2. The first kappa shape index (κ1) is 15.0. The number of rotatable bonds is 2. The van der Waals surface area contributed by atoms with E-state index in [1.54, 1.807) is 6.20 Å². The fraction of sp³-hybridized carbons (Fsp3) is 0.625. The van der Waals surface area contributed by atoms with Crippen LogP contribution >= 0.6 is 11.6 Å². The summed E-state index contributed by atoms with van der Waals surface area (Å²) >= 11 is 6.41. The van der Waals surface area contributed by atoms with Gasteiger partial charge in [0.15, 0.2) is 0 Å². The first-order valence-corrected chi connectivity index (χ1v) is 9.46. The van der Waals surface area contributed by atoms with Crippen molar-refractivity contribution in [3.05, 3.63) is 23.2 Å². The van der Waals surface area contributed by atoms with Crippen molar-refractivity contribution in [2.45, 2.75) is 56.3 Å². The van der Waals surface area contributed by atoms with Gasteiger partial charge in [0.25, 0.3) is 5.89 Å². The lowest BCUT2D eigenvalue weighted by atomic mass is 9.80. The SMILES string of the molecule is OC1(c2noc(C3=NNC4C5CCCCC5n5c(cnc5Cl)N34)n2)CC1. The second kappa shape index (κ2) is 4.98. The average molecular weight is 376 g/mol. The fourth-order valence-corrected chi connectivity index (χ4v) is 4.81. The van der Waals surface area contributed by atoms with E-state index in [9.17, 15) is 5.11 Å². The summed E-state index contributed by atoms with van der Waals surface area (Å²) in [5.41, 5.74) is 2.32. The minimum absolute atomic E-state index is 0.0231. The zero-order valence-electron chi connectivity index (χ0n) is 14.0. The molecule has 2 saturated carbocycles. The Kier molecular flexibility index (Phi) is 2.87. The van der Waals surface area contributed by atoms with Crippen LogP contribution in [0.2, 0.25) is 5.28 Å². The van der Waals surface area contributed by atoms with Crippen molar-refractivity contribution in [1.82, 2.24) is 25.1 Å². The van der Waals surface area contributed by atoms with E-state index in [1.807, 2.05) is 0 Å².